The van der Waals surface area contributed by atoms with E-state index in [0.29, 0.717) is 5.90 Å². The van der Waals surface area contributed by atoms with E-state index in [1.54, 1.807) is 6.92 Å². The Kier molecular flexibility index (Phi) is 3.79. The number of carbonyl (C=O) groups excluding carboxylic acids is 1. The molecule has 84 valence electrons. The zero-order valence-corrected chi connectivity index (χ0v) is 8.34. The van der Waals surface area contributed by atoms with Crippen LogP contribution in [0, 0.1) is 5.92 Å². The normalized spacial score (nSPS) is 21.7. The molecule has 0 amide bonds. The summed E-state index contributed by atoms with van der Waals surface area (Å²) in [5.74, 6) is -2.10. The summed E-state index contributed by atoms with van der Waals surface area (Å²) in [5, 5.41) is 17.4. The van der Waals surface area contributed by atoms with Gasteiger partial charge in [-0.3, -0.25) is 9.59 Å². The zero-order valence-electron chi connectivity index (χ0n) is 8.34. The van der Waals surface area contributed by atoms with E-state index in [0.717, 1.165) is 0 Å². The van der Waals surface area contributed by atoms with Crippen LogP contribution in [0.25, 0.3) is 0 Å². The van der Waals surface area contributed by atoms with Gasteiger partial charge in [0.05, 0.1) is 12.5 Å². The number of rotatable bonds is 5. The van der Waals surface area contributed by atoms with E-state index in [2.05, 4.69) is 4.99 Å². The second kappa shape index (κ2) is 4.88. The Bertz CT molecular complexity index is 299. The fourth-order valence-corrected chi connectivity index (χ4v) is 1.27. The summed E-state index contributed by atoms with van der Waals surface area (Å²) in [6, 6.07) is -0.613. The van der Waals surface area contributed by atoms with Crippen LogP contribution in [0.5, 0.6) is 0 Å². The number of aliphatic imine (C=N–C) groups is 1. The van der Waals surface area contributed by atoms with Gasteiger partial charge in [0.25, 0.3) is 0 Å². The molecule has 0 aromatic carbocycles. The predicted molar refractivity (Wildman–Crippen MR) is 50.7 cm³/mol. The van der Waals surface area contributed by atoms with E-state index in [-0.39, 0.29) is 18.8 Å². The van der Waals surface area contributed by atoms with Crippen molar-refractivity contribution in [2.45, 2.75) is 19.4 Å². The Balaban J connectivity index is 2.51. The zero-order chi connectivity index (χ0) is 11.4. The maximum atomic E-state index is 11.5. The highest BCUT2D eigenvalue weighted by molar-refractivity contribution is 5.91. The van der Waals surface area contributed by atoms with Crippen LogP contribution >= 0.6 is 0 Å². The van der Waals surface area contributed by atoms with Crippen molar-refractivity contribution in [3.8, 4) is 0 Å². The lowest BCUT2D eigenvalue weighted by Gasteiger charge is -2.09. The molecule has 1 rings (SSSR count). The van der Waals surface area contributed by atoms with Crippen LogP contribution in [0.3, 0.4) is 0 Å². The number of aliphatic hydroxyl groups is 1. The summed E-state index contributed by atoms with van der Waals surface area (Å²) in [6.07, 6.45) is -0.212. The van der Waals surface area contributed by atoms with E-state index in [4.69, 9.17) is 14.9 Å². The standard InChI is InChI=1S/C9H13NO5/c1-5-10-7(4-15-5)8(12)2-6(3-11)9(13)14/h6-7,11H,2-4H2,1H3,(H,13,14). The number of ketones is 1. The molecule has 0 bridgehead atoms. The topological polar surface area (TPSA) is 96.2 Å². The molecular weight excluding hydrogens is 202 g/mol. The minimum atomic E-state index is -1.18. The van der Waals surface area contributed by atoms with Crippen LogP contribution < -0.4 is 0 Å². The van der Waals surface area contributed by atoms with Gasteiger partial charge in [0.1, 0.15) is 12.6 Å². The molecule has 0 radical (unpaired) electrons. The first-order valence-corrected chi connectivity index (χ1v) is 4.58. The quantitative estimate of drug-likeness (QED) is 0.641. The van der Waals surface area contributed by atoms with Crippen LogP contribution in [-0.2, 0) is 14.3 Å². The van der Waals surface area contributed by atoms with E-state index in [9.17, 15) is 9.59 Å². The molecule has 1 heterocycles. The van der Waals surface area contributed by atoms with Crippen molar-refractivity contribution in [2.75, 3.05) is 13.2 Å². The fourth-order valence-electron chi connectivity index (χ4n) is 1.27. The Morgan fingerprint density at radius 1 is 1.67 bits per heavy atom. The molecule has 0 aromatic rings. The van der Waals surface area contributed by atoms with Gasteiger partial charge in [-0.2, -0.15) is 0 Å². The minimum Gasteiger partial charge on any atom is -0.481 e. The summed E-state index contributed by atoms with van der Waals surface area (Å²) in [5.41, 5.74) is 0. The molecule has 1 aliphatic heterocycles. The summed E-state index contributed by atoms with van der Waals surface area (Å²) < 4.78 is 4.98. The highest BCUT2D eigenvalue weighted by Gasteiger charge is 2.28. The second-order valence-corrected chi connectivity index (χ2v) is 3.36. The number of Topliss-reactive ketones (excluding diaryl/α,β-unsaturated/α-hetero) is 1. The first kappa shape index (κ1) is 11.6. The third kappa shape index (κ3) is 3.02. The number of hydrogen-bond donors (Lipinski definition) is 2. The predicted octanol–water partition coefficient (Wildman–Crippen LogP) is -0.544. The molecule has 0 aliphatic carbocycles. The van der Waals surface area contributed by atoms with Crippen molar-refractivity contribution in [2.24, 2.45) is 10.9 Å². The molecule has 6 heteroatoms. The van der Waals surface area contributed by atoms with Gasteiger partial charge in [0.15, 0.2) is 11.7 Å². The fraction of sp³-hybridized carbons (Fsp3) is 0.667. The highest BCUT2D eigenvalue weighted by atomic mass is 16.5. The van der Waals surface area contributed by atoms with Crippen LogP contribution in [0.15, 0.2) is 4.99 Å². The van der Waals surface area contributed by atoms with E-state index >= 15 is 0 Å². The van der Waals surface area contributed by atoms with Gasteiger partial charge in [-0.1, -0.05) is 0 Å². The average molecular weight is 215 g/mol. The smallest absolute Gasteiger partial charge is 0.309 e. The molecule has 15 heavy (non-hydrogen) atoms. The number of aliphatic hydroxyl groups excluding tert-OH is 1. The summed E-state index contributed by atoms with van der Waals surface area (Å²) >= 11 is 0. The molecule has 0 spiro atoms. The number of ether oxygens (including phenoxy) is 1. The monoisotopic (exact) mass is 215 g/mol. The minimum absolute atomic E-state index is 0.169. The van der Waals surface area contributed by atoms with E-state index in [1.807, 2.05) is 0 Å². The third-order valence-corrected chi connectivity index (χ3v) is 2.18. The molecule has 0 fully saturated rings. The number of carboxylic acids is 1. The summed E-state index contributed by atoms with van der Waals surface area (Å²) in [6.45, 7) is 1.26. The van der Waals surface area contributed by atoms with Gasteiger partial charge in [0.2, 0.25) is 0 Å². The maximum Gasteiger partial charge on any atom is 0.309 e. The molecule has 0 aromatic heterocycles. The van der Waals surface area contributed by atoms with E-state index < -0.39 is 24.5 Å². The van der Waals surface area contributed by atoms with Gasteiger partial charge < -0.3 is 14.9 Å². The largest absolute Gasteiger partial charge is 0.481 e. The lowest BCUT2D eigenvalue weighted by Crippen LogP contribution is -2.28. The van der Waals surface area contributed by atoms with Crippen LogP contribution in [0.4, 0.5) is 0 Å². The number of nitrogens with zero attached hydrogens (tertiary/aromatic N) is 1. The van der Waals surface area contributed by atoms with Crippen molar-refractivity contribution >= 4 is 17.7 Å². The van der Waals surface area contributed by atoms with E-state index in [1.165, 1.54) is 0 Å². The third-order valence-electron chi connectivity index (χ3n) is 2.18. The van der Waals surface area contributed by atoms with Gasteiger partial charge >= 0.3 is 5.97 Å². The second-order valence-electron chi connectivity index (χ2n) is 3.36. The van der Waals surface area contributed by atoms with Crippen molar-refractivity contribution in [1.29, 1.82) is 0 Å². The maximum absolute atomic E-state index is 11.5. The van der Waals surface area contributed by atoms with Gasteiger partial charge in [-0.25, -0.2) is 4.99 Å². The van der Waals surface area contributed by atoms with Crippen molar-refractivity contribution in [3.05, 3.63) is 0 Å². The Morgan fingerprint density at radius 2 is 2.33 bits per heavy atom. The Morgan fingerprint density at radius 3 is 2.73 bits per heavy atom. The highest BCUT2D eigenvalue weighted by Crippen LogP contribution is 2.12. The molecular formula is C9H13NO5. The van der Waals surface area contributed by atoms with Gasteiger partial charge in [-0.15, -0.1) is 0 Å². The molecule has 0 saturated heterocycles. The Hall–Kier alpha value is -1.43. The number of hydrogen-bond acceptors (Lipinski definition) is 5. The van der Waals surface area contributed by atoms with Crippen molar-refractivity contribution in [3.63, 3.8) is 0 Å². The molecule has 2 unspecified atom stereocenters. The molecule has 6 nitrogen and oxygen atoms in total. The summed E-state index contributed by atoms with van der Waals surface area (Å²) in [7, 11) is 0. The number of carboxylic acid groups (broad SMARTS) is 1. The first-order valence-electron chi connectivity index (χ1n) is 4.58. The first-order chi connectivity index (χ1) is 7.04. The average Bonchev–Trinajstić information content (AvgIpc) is 2.60. The van der Waals surface area contributed by atoms with Gasteiger partial charge in [0, 0.05) is 13.3 Å². The SMILES string of the molecule is CC1=NC(C(=O)CC(CO)C(=O)O)CO1. The molecule has 1 aliphatic rings. The number of carbonyl (C=O) groups is 2. The molecule has 2 N–H and O–H groups in total. The van der Waals surface area contributed by atoms with Crippen molar-refractivity contribution < 1.29 is 24.5 Å². The van der Waals surface area contributed by atoms with Gasteiger partial charge in [-0.05, 0) is 0 Å². The molecule has 2 atom stereocenters. The van der Waals surface area contributed by atoms with Crippen LogP contribution in [-0.4, -0.2) is 47.1 Å². The lowest BCUT2D eigenvalue weighted by atomic mass is 10.00. The molecule has 0 saturated carbocycles. The summed E-state index contributed by atoms with van der Waals surface area (Å²) in [4.78, 5) is 26.0. The lowest BCUT2D eigenvalue weighted by molar-refractivity contribution is -0.145. The number of aliphatic carboxylic acids is 1. The Labute approximate surface area is 86.6 Å². The van der Waals surface area contributed by atoms with Crippen molar-refractivity contribution in [1.82, 2.24) is 0 Å². The van der Waals surface area contributed by atoms with Crippen LogP contribution in [0.2, 0.25) is 0 Å². The van der Waals surface area contributed by atoms with Crippen LogP contribution in [0.1, 0.15) is 13.3 Å².